The summed E-state index contributed by atoms with van der Waals surface area (Å²) in [6, 6.07) is 11.4. The molecule has 152 valence electrons. The predicted molar refractivity (Wildman–Crippen MR) is 96.8 cm³/mol. The fraction of sp³-hybridized carbons (Fsp3) is 0.222. The van der Waals surface area contributed by atoms with Crippen molar-refractivity contribution in [3.8, 4) is 11.5 Å². The number of allylic oxidation sites excluding steroid dienone is 1. The van der Waals surface area contributed by atoms with Crippen LogP contribution in [0, 0.1) is 0 Å². The van der Waals surface area contributed by atoms with Gasteiger partial charge in [0.05, 0.1) is 18.5 Å². The van der Waals surface area contributed by atoms with Crippen LogP contribution in [0.2, 0.25) is 0 Å². The summed E-state index contributed by atoms with van der Waals surface area (Å²) in [7, 11) is 2.80. The molecule has 0 aliphatic carbocycles. The minimum absolute atomic E-state index is 0.211. The molecule has 10 heteroatoms. The summed E-state index contributed by atoms with van der Waals surface area (Å²) >= 11 is 0.781. The summed E-state index contributed by atoms with van der Waals surface area (Å²) < 4.78 is 88.6. The van der Waals surface area contributed by atoms with Gasteiger partial charge in [0.25, 0.3) is 0 Å². The van der Waals surface area contributed by atoms with Crippen LogP contribution in [-0.2, 0) is 0 Å². The van der Waals surface area contributed by atoms with E-state index >= 15 is 0 Å². The van der Waals surface area contributed by atoms with E-state index in [2.05, 4.69) is 0 Å². The Morgan fingerprint density at radius 3 is 1.21 bits per heavy atom. The second-order valence-electron chi connectivity index (χ2n) is 5.21. The van der Waals surface area contributed by atoms with Gasteiger partial charge in [-0.15, -0.1) is 0 Å². The summed E-state index contributed by atoms with van der Waals surface area (Å²) in [6.07, 6.45) is -11.1. The first-order valence-electron chi connectivity index (χ1n) is 7.57. The number of rotatable bonds is 6. The molecule has 0 aliphatic rings. The van der Waals surface area contributed by atoms with E-state index in [1.54, 1.807) is 0 Å². The molecule has 0 unspecified atom stereocenters. The average molecular weight is 440 g/mol. The van der Waals surface area contributed by atoms with Crippen LogP contribution in [-0.4, -0.2) is 26.6 Å². The van der Waals surface area contributed by atoms with Gasteiger partial charge in [0, 0.05) is 9.79 Å². The molecule has 2 aromatic carbocycles. The molecule has 0 saturated carbocycles. The molecule has 0 heterocycles. The third-order valence-electron chi connectivity index (χ3n) is 3.31. The highest BCUT2D eigenvalue weighted by Crippen LogP contribution is 2.50. The van der Waals surface area contributed by atoms with E-state index < -0.39 is 22.2 Å². The van der Waals surface area contributed by atoms with Crippen molar-refractivity contribution in [1.29, 1.82) is 0 Å². The lowest BCUT2D eigenvalue weighted by molar-refractivity contribution is -0.171. The van der Waals surface area contributed by atoms with E-state index in [0.717, 1.165) is 0 Å². The van der Waals surface area contributed by atoms with Crippen molar-refractivity contribution in [2.45, 2.75) is 22.1 Å². The maximum absolute atomic E-state index is 13.3. The molecule has 28 heavy (non-hydrogen) atoms. The topological polar surface area (TPSA) is 18.5 Å². The number of ether oxygens (including phenoxy) is 2. The molecule has 0 radical (unpaired) electrons. The van der Waals surface area contributed by atoms with Crippen LogP contribution in [0.15, 0.2) is 68.1 Å². The summed E-state index contributed by atoms with van der Waals surface area (Å²) in [4.78, 5) is 0.422. The normalized spacial score (nSPS) is 11.9. The maximum atomic E-state index is 13.3. The van der Waals surface area contributed by atoms with Crippen molar-refractivity contribution in [2.24, 2.45) is 0 Å². The average Bonchev–Trinajstić information content (AvgIpc) is 2.60. The Morgan fingerprint density at radius 1 is 0.643 bits per heavy atom. The van der Waals surface area contributed by atoms with Crippen molar-refractivity contribution in [3.63, 3.8) is 0 Å². The number of methoxy groups -OCH3 is 2. The van der Waals surface area contributed by atoms with Gasteiger partial charge in [0.2, 0.25) is 0 Å². The summed E-state index contributed by atoms with van der Waals surface area (Å²) in [5, 5.41) is 0. The van der Waals surface area contributed by atoms with Crippen LogP contribution in [0.3, 0.4) is 0 Å². The number of thioether (sulfide) groups is 2. The quantitative estimate of drug-likeness (QED) is 0.358. The zero-order chi connectivity index (χ0) is 20.9. The molecule has 2 rings (SSSR count). The van der Waals surface area contributed by atoms with Gasteiger partial charge in [-0.05, 0) is 48.5 Å². The van der Waals surface area contributed by atoms with E-state index in [1.807, 2.05) is 0 Å². The third kappa shape index (κ3) is 6.03. The lowest BCUT2D eigenvalue weighted by atomic mass is 10.3. The van der Waals surface area contributed by atoms with E-state index in [-0.39, 0.29) is 9.79 Å². The fourth-order valence-corrected chi connectivity index (χ4v) is 4.40. The van der Waals surface area contributed by atoms with E-state index in [4.69, 9.17) is 9.47 Å². The molecular weight excluding hydrogens is 426 g/mol. The number of benzene rings is 2. The first-order chi connectivity index (χ1) is 13.0. The molecule has 0 aliphatic heterocycles. The molecule has 0 N–H and O–H groups in total. The summed E-state index contributed by atoms with van der Waals surface area (Å²) in [6.45, 7) is 0. The van der Waals surface area contributed by atoms with E-state index in [9.17, 15) is 26.3 Å². The smallest absolute Gasteiger partial charge is 0.422 e. The molecular formula is C18H14F6O2S2. The first-order valence-corrected chi connectivity index (χ1v) is 9.20. The molecule has 0 bridgehead atoms. The van der Waals surface area contributed by atoms with Gasteiger partial charge >= 0.3 is 12.4 Å². The van der Waals surface area contributed by atoms with Crippen molar-refractivity contribution < 1.29 is 35.8 Å². The van der Waals surface area contributed by atoms with Gasteiger partial charge in [-0.3, -0.25) is 0 Å². The Morgan fingerprint density at radius 2 is 0.964 bits per heavy atom. The van der Waals surface area contributed by atoms with Crippen LogP contribution in [0.1, 0.15) is 0 Å². The zero-order valence-electron chi connectivity index (χ0n) is 14.5. The molecule has 0 saturated heterocycles. The van der Waals surface area contributed by atoms with Gasteiger partial charge in [0.15, 0.2) is 5.57 Å². The predicted octanol–water partition coefficient (Wildman–Crippen LogP) is 6.92. The van der Waals surface area contributed by atoms with Gasteiger partial charge in [-0.2, -0.15) is 26.3 Å². The van der Waals surface area contributed by atoms with Crippen LogP contribution in [0.25, 0.3) is 0 Å². The molecule has 0 amide bonds. The van der Waals surface area contributed by atoms with Crippen LogP contribution in [0.5, 0.6) is 11.5 Å². The maximum Gasteiger partial charge on any atom is 0.422 e. The van der Waals surface area contributed by atoms with Crippen molar-refractivity contribution in [1.82, 2.24) is 0 Å². The Kier molecular flexibility index (Phi) is 7.22. The van der Waals surface area contributed by atoms with E-state index in [1.165, 1.54) is 62.8 Å². The van der Waals surface area contributed by atoms with Crippen LogP contribution >= 0.6 is 23.5 Å². The number of hydrogen-bond acceptors (Lipinski definition) is 4. The SMILES string of the molecule is COc1ccc(SC(Sc2ccc(OC)cc2)=C(C(F)(F)F)C(F)(F)F)cc1. The monoisotopic (exact) mass is 440 g/mol. The second kappa shape index (κ2) is 9.04. The largest absolute Gasteiger partial charge is 0.497 e. The lowest BCUT2D eigenvalue weighted by Gasteiger charge is -2.19. The van der Waals surface area contributed by atoms with Gasteiger partial charge in [-0.1, -0.05) is 23.5 Å². The van der Waals surface area contributed by atoms with E-state index in [0.29, 0.717) is 35.0 Å². The third-order valence-corrected chi connectivity index (χ3v) is 5.61. The summed E-state index contributed by atoms with van der Waals surface area (Å²) in [5.74, 6) is 0.870. The first kappa shape index (κ1) is 22.4. The minimum Gasteiger partial charge on any atom is -0.497 e. The van der Waals surface area contributed by atoms with Gasteiger partial charge in [-0.25, -0.2) is 0 Å². The number of alkyl halides is 6. The highest BCUT2D eigenvalue weighted by atomic mass is 32.2. The highest BCUT2D eigenvalue weighted by Gasteiger charge is 2.53. The molecule has 0 atom stereocenters. The fourth-order valence-electron chi connectivity index (χ4n) is 2.02. The van der Waals surface area contributed by atoms with Crippen molar-refractivity contribution in [2.75, 3.05) is 14.2 Å². The van der Waals surface area contributed by atoms with Crippen LogP contribution < -0.4 is 9.47 Å². The standard InChI is InChI=1S/C18H14F6O2S2/c1-25-11-3-7-13(8-4-11)27-16(15(17(19,20)21)18(22,23)24)28-14-9-5-12(26-2)6-10-14/h3-10H,1-2H3. The Balaban J connectivity index is 2.49. The Hall–Kier alpha value is -1.94. The lowest BCUT2D eigenvalue weighted by Crippen LogP contribution is -2.27. The summed E-state index contributed by atoms with van der Waals surface area (Å²) in [5.41, 5.74) is -2.54. The number of hydrogen-bond donors (Lipinski definition) is 0. The van der Waals surface area contributed by atoms with Crippen molar-refractivity contribution >= 4 is 23.5 Å². The molecule has 2 aromatic rings. The molecule has 2 nitrogen and oxygen atoms in total. The zero-order valence-corrected chi connectivity index (χ0v) is 16.2. The van der Waals surface area contributed by atoms with Crippen molar-refractivity contribution in [3.05, 3.63) is 58.3 Å². The highest BCUT2D eigenvalue weighted by molar-refractivity contribution is 8.22. The Labute approximate surface area is 165 Å². The molecule has 0 fully saturated rings. The number of halogens is 6. The molecule has 0 aromatic heterocycles. The minimum atomic E-state index is -5.56. The second-order valence-corrected chi connectivity index (χ2v) is 7.64. The van der Waals surface area contributed by atoms with Crippen LogP contribution in [0.4, 0.5) is 26.3 Å². The molecule has 0 spiro atoms. The van der Waals surface area contributed by atoms with Gasteiger partial charge in [0.1, 0.15) is 11.5 Å². The van der Waals surface area contributed by atoms with Gasteiger partial charge < -0.3 is 9.47 Å². The Bertz CT molecular complexity index is 744.